The van der Waals surface area contributed by atoms with E-state index in [0.29, 0.717) is 6.10 Å². The molecule has 0 N–H and O–H groups in total. The molecular weight excluding hydrogens is 296 g/mol. The maximum absolute atomic E-state index is 6.15. The summed E-state index contributed by atoms with van der Waals surface area (Å²) in [6.07, 6.45) is 6.88. The second-order valence-electron chi connectivity index (χ2n) is 6.57. The minimum Gasteiger partial charge on any atom is -0.376 e. The van der Waals surface area contributed by atoms with Crippen molar-refractivity contribution in [2.75, 3.05) is 6.61 Å². The van der Waals surface area contributed by atoms with Crippen molar-refractivity contribution in [1.29, 1.82) is 0 Å². The highest BCUT2D eigenvalue weighted by Crippen LogP contribution is 2.25. The Morgan fingerprint density at radius 3 is 2.50 bits per heavy atom. The number of fused-ring (bicyclic) bond motifs is 1. The fraction of sp³-hybridized carbons (Fsp3) is 0.381. The van der Waals surface area contributed by atoms with E-state index >= 15 is 0 Å². The van der Waals surface area contributed by atoms with Gasteiger partial charge in [-0.25, -0.2) is 4.98 Å². The molecule has 0 amide bonds. The quantitative estimate of drug-likeness (QED) is 0.657. The molecule has 3 aromatic rings. The summed E-state index contributed by atoms with van der Waals surface area (Å²) in [7, 11) is 0. The van der Waals surface area contributed by atoms with Crippen molar-refractivity contribution >= 4 is 11.0 Å². The van der Waals surface area contributed by atoms with Crippen LogP contribution in [0.25, 0.3) is 22.4 Å². The van der Waals surface area contributed by atoms with E-state index in [4.69, 9.17) is 9.72 Å². The van der Waals surface area contributed by atoms with Crippen LogP contribution in [0.3, 0.4) is 0 Å². The lowest BCUT2D eigenvalue weighted by Crippen LogP contribution is -2.19. The van der Waals surface area contributed by atoms with Gasteiger partial charge in [0.25, 0.3) is 0 Å². The fourth-order valence-corrected chi connectivity index (χ4v) is 3.65. The van der Waals surface area contributed by atoms with Crippen LogP contribution in [0.2, 0.25) is 0 Å². The van der Waals surface area contributed by atoms with E-state index in [1.165, 1.54) is 37.6 Å². The second kappa shape index (κ2) is 7.18. The predicted octanol–water partition coefficient (Wildman–Crippen LogP) is 5.05. The minimum atomic E-state index is 0.453. The second-order valence-corrected chi connectivity index (χ2v) is 6.57. The van der Waals surface area contributed by atoms with Gasteiger partial charge >= 0.3 is 0 Å². The van der Waals surface area contributed by atoms with Crippen molar-refractivity contribution in [1.82, 2.24) is 9.55 Å². The maximum Gasteiger partial charge on any atom is 0.141 e. The van der Waals surface area contributed by atoms with Crippen LogP contribution in [0.4, 0.5) is 0 Å². The van der Waals surface area contributed by atoms with E-state index in [0.717, 1.165) is 30.1 Å². The van der Waals surface area contributed by atoms with Gasteiger partial charge in [-0.05, 0) is 25.0 Å². The molecule has 24 heavy (non-hydrogen) atoms. The predicted molar refractivity (Wildman–Crippen MR) is 98.0 cm³/mol. The molecule has 1 fully saturated rings. The van der Waals surface area contributed by atoms with Crippen molar-refractivity contribution in [3.05, 3.63) is 54.6 Å². The molecule has 0 spiro atoms. The number of rotatable bonds is 5. The molecule has 1 heterocycles. The summed E-state index contributed by atoms with van der Waals surface area (Å²) >= 11 is 0. The lowest BCUT2D eigenvalue weighted by molar-refractivity contribution is 0.0246. The summed E-state index contributed by atoms with van der Waals surface area (Å²) in [6.45, 7) is 1.60. The zero-order valence-corrected chi connectivity index (χ0v) is 14.0. The number of imidazole rings is 1. The number of hydrogen-bond acceptors (Lipinski definition) is 2. The molecule has 4 rings (SSSR count). The van der Waals surface area contributed by atoms with E-state index in [2.05, 4.69) is 47.0 Å². The number of benzene rings is 2. The van der Waals surface area contributed by atoms with E-state index in [-0.39, 0.29) is 0 Å². The molecule has 0 radical (unpaired) electrons. The highest BCUT2D eigenvalue weighted by atomic mass is 16.5. The Kier molecular flexibility index (Phi) is 4.61. The Morgan fingerprint density at radius 1 is 0.917 bits per heavy atom. The SMILES string of the molecule is c1ccc(-c2nc3ccccc3n2CCOC2CCCCC2)cc1. The van der Waals surface area contributed by atoms with E-state index < -0.39 is 0 Å². The van der Waals surface area contributed by atoms with Gasteiger partial charge in [-0.15, -0.1) is 0 Å². The smallest absolute Gasteiger partial charge is 0.141 e. The zero-order chi connectivity index (χ0) is 16.2. The molecule has 0 saturated heterocycles. The van der Waals surface area contributed by atoms with E-state index in [9.17, 15) is 0 Å². The summed E-state index contributed by atoms with van der Waals surface area (Å²) in [5, 5.41) is 0. The Balaban J connectivity index is 1.58. The third kappa shape index (κ3) is 3.22. The minimum absolute atomic E-state index is 0.453. The molecule has 3 heteroatoms. The van der Waals surface area contributed by atoms with Crippen LogP contribution in [0, 0.1) is 0 Å². The van der Waals surface area contributed by atoms with Crippen LogP contribution < -0.4 is 0 Å². The summed E-state index contributed by atoms with van der Waals surface area (Å²) in [6, 6.07) is 18.8. The van der Waals surface area contributed by atoms with Crippen LogP contribution in [-0.4, -0.2) is 22.3 Å². The van der Waals surface area contributed by atoms with Crippen LogP contribution >= 0.6 is 0 Å². The van der Waals surface area contributed by atoms with Gasteiger partial charge in [0.1, 0.15) is 5.82 Å². The van der Waals surface area contributed by atoms with Crippen LogP contribution in [0.1, 0.15) is 32.1 Å². The number of ether oxygens (including phenoxy) is 1. The molecule has 1 aliphatic carbocycles. The molecule has 1 aromatic heterocycles. The zero-order valence-electron chi connectivity index (χ0n) is 14.0. The van der Waals surface area contributed by atoms with Crippen molar-refractivity contribution in [2.24, 2.45) is 0 Å². The highest BCUT2D eigenvalue weighted by molar-refractivity contribution is 5.80. The van der Waals surface area contributed by atoms with Gasteiger partial charge in [0.2, 0.25) is 0 Å². The molecule has 2 aromatic carbocycles. The monoisotopic (exact) mass is 320 g/mol. The van der Waals surface area contributed by atoms with Gasteiger partial charge in [0.05, 0.1) is 23.7 Å². The van der Waals surface area contributed by atoms with Gasteiger partial charge in [-0.2, -0.15) is 0 Å². The average Bonchev–Trinajstić information content (AvgIpc) is 3.02. The molecule has 1 saturated carbocycles. The summed E-state index contributed by atoms with van der Waals surface area (Å²) in [4.78, 5) is 4.86. The van der Waals surface area contributed by atoms with Gasteiger partial charge < -0.3 is 9.30 Å². The molecule has 3 nitrogen and oxygen atoms in total. The topological polar surface area (TPSA) is 27.1 Å². The van der Waals surface area contributed by atoms with E-state index in [1.54, 1.807) is 0 Å². The third-order valence-corrected chi connectivity index (χ3v) is 4.91. The number of para-hydroxylation sites is 2. The summed E-state index contributed by atoms with van der Waals surface area (Å²) in [5.41, 5.74) is 3.39. The lowest BCUT2D eigenvalue weighted by Gasteiger charge is -2.22. The van der Waals surface area contributed by atoms with Crippen LogP contribution in [-0.2, 0) is 11.3 Å². The van der Waals surface area contributed by atoms with Crippen LogP contribution in [0.5, 0.6) is 0 Å². The number of hydrogen-bond donors (Lipinski definition) is 0. The first-order chi connectivity index (χ1) is 11.9. The molecule has 0 atom stereocenters. The first-order valence-corrected chi connectivity index (χ1v) is 9.04. The molecule has 0 bridgehead atoms. The van der Waals surface area contributed by atoms with Crippen molar-refractivity contribution in [3.63, 3.8) is 0 Å². The maximum atomic E-state index is 6.15. The molecular formula is C21H24N2O. The fourth-order valence-electron chi connectivity index (χ4n) is 3.65. The highest BCUT2D eigenvalue weighted by Gasteiger charge is 2.15. The first kappa shape index (κ1) is 15.4. The summed E-state index contributed by atoms with van der Waals surface area (Å²) < 4.78 is 8.45. The summed E-state index contributed by atoms with van der Waals surface area (Å²) in [5.74, 6) is 1.03. The van der Waals surface area contributed by atoms with Gasteiger partial charge in [0.15, 0.2) is 0 Å². The lowest BCUT2D eigenvalue weighted by atomic mass is 9.98. The Labute approximate surface area is 143 Å². The Hall–Kier alpha value is -2.13. The standard InChI is InChI=1S/C21H24N2O/c1-3-9-17(10-4-1)21-22-19-13-7-8-14-20(19)23(21)15-16-24-18-11-5-2-6-12-18/h1,3-4,7-10,13-14,18H,2,5-6,11-12,15-16H2. The molecule has 1 aliphatic rings. The van der Waals surface area contributed by atoms with Crippen molar-refractivity contribution in [2.45, 2.75) is 44.8 Å². The van der Waals surface area contributed by atoms with Crippen molar-refractivity contribution in [3.8, 4) is 11.4 Å². The molecule has 0 aliphatic heterocycles. The van der Waals surface area contributed by atoms with Gasteiger partial charge in [-0.1, -0.05) is 61.7 Å². The first-order valence-electron chi connectivity index (χ1n) is 9.04. The van der Waals surface area contributed by atoms with E-state index in [1.807, 2.05) is 12.1 Å². The molecule has 0 unspecified atom stereocenters. The Bertz CT molecular complexity index is 788. The van der Waals surface area contributed by atoms with Gasteiger partial charge in [0, 0.05) is 12.1 Å². The van der Waals surface area contributed by atoms with Gasteiger partial charge in [-0.3, -0.25) is 0 Å². The Morgan fingerprint density at radius 2 is 1.67 bits per heavy atom. The van der Waals surface area contributed by atoms with Crippen LogP contribution in [0.15, 0.2) is 54.6 Å². The number of nitrogens with zero attached hydrogens (tertiary/aromatic N) is 2. The third-order valence-electron chi connectivity index (χ3n) is 4.91. The number of aromatic nitrogens is 2. The van der Waals surface area contributed by atoms with Crippen molar-refractivity contribution < 1.29 is 4.74 Å². The normalized spacial score (nSPS) is 15.8. The largest absolute Gasteiger partial charge is 0.376 e. The molecule has 124 valence electrons. The average molecular weight is 320 g/mol.